The van der Waals surface area contributed by atoms with Crippen molar-refractivity contribution in [3.8, 4) is 28.0 Å². The van der Waals surface area contributed by atoms with Crippen LogP contribution in [0.3, 0.4) is 0 Å². The number of carbonyl (C=O) groups excluding carboxylic acids is 1. The minimum Gasteiger partial charge on any atom is -0.474 e. The van der Waals surface area contributed by atoms with Crippen LogP contribution in [0.15, 0.2) is 42.7 Å². The van der Waals surface area contributed by atoms with Crippen LogP contribution in [0.2, 0.25) is 0 Å². The highest BCUT2D eigenvalue weighted by molar-refractivity contribution is 7.17. The molecule has 1 saturated heterocycles. The topological polar surface area (TPSA) is 107 Å². The molecule has 3 aromatic heterocycles. The molecule has 0 spiro atoms. The van der Waals surface area contributed by atoms with Gasteiger partial charge in [0.05, 0.1) is 11.4 Å². The largest absolute Gasteiger partial charge is 0.474 e. The summed E-state index contributed by atoms with van der Waals surface area (Å²) in [5.41, 5.74) is 7.06. The third-order valence-electron chi connectivity index (χ3n) is 7.23. The van der Waals surface area contributed by atoms with Gasteiger partial charge in [0.25, 0.3) is 5.91 Å². The van der Waals surface area contributed by atoms with Crippen molar-refractivity contribution >= 4 is 17.2 Å². The summed E-state index contributed by atoms with van der Waals surface area (Å²) in [7, 11) is 0. The molecule has 12 heteroatoms. The molecule has 206 valence electrons. The molecule has 6 rings (SSSR count). The molecule has 4 heterocycles. The van der Waals surface area contributed by atoms with Crippen LogP contribution in [0.25, 0.3) is 22.1 Å². The standard InChI is InChI=1S/C28H25F3N6O2S/c1-13-24(40-26(35-13)25-33-5-4-6-34-25)27(38)37-11-16-17(12-37)23(16)39-21-10-15(28(2,3)32)9-20(36-21)14-7-18(29)22(31)19(30)8-14/h4-10,16-17,23H,11-12,32H2,1-3H3. The predicted octanol–water partition coefficient (Wildman–Crippen LogP) is 4.73. The lowest BCUT2D eigenvalue weighted by molar-refractivity contribution is 0.0755. The highest BCUT2D eigenvalue weighted by atomic mass is 32.1. The summed E-state index contributed by atoms with van der Waals surface area (Å²) in [5.74, 6) is -3.28. The van der Waals surface area contributed by atoms with Crippen molar-refractivity contribution in [3.63, 3.8) is 0 Å². The molecule has 2 N–H and O–H groups in total. The number of thiazole rings is 1. The molecule has 4 aromatic rings. The average molecular weight is 567 g/mol. The van der Waals surface area contributed by atoms with E-state index in [1.54, 1.807) is 56.3 Å². The number of rotatable bonds is 6. The Morgan fingerprint density at radius 3 is 2.33 bits per heavy atom. The Labute approximate surface area is 232 Å². The van der Waals surface area contributed by atoms with Crippen molar-refractivity contribution in [1.82, 2.24) is 24.8 Å². The Morgan fingerprint density at radius 1 is 1.05 bits per heavy atom. The minimum absolute atomic E-state index is 0.0697. The number of aryl methyl sites for hydroxylation is 1. The Bertz CT molecular complexity index is 1590. The van der Waals surface area contributed by atoms with Crippen molar-refractivity contribution in [2.45, 2.75) is 32.4 Å². The van der Waals surface area contributed by atoms with Gasteiger partial charge in [0.2, 0.25) is 5.88 Å². The zero-order chi connectivity index (χ0) is 28.3. The summed E-state index contributed by atoms with van der Waals surface area (Å²) in [6.07, 6.45) is 3.10. The average Bonchev–Trinajstić information content (AvgIpc) is 3.23. The number of nitrogens with zero attached hydrogens (tertiary/aromatic N) is 5. The lowest BCUT2D eigenvalue weighted by Crippen LogP contribution is -2.33. The summed E-state index contributed by atoms with van der Waals surface area (Å²) in [5, 5.41) is 0.595. The van der Waals surface area contributed by atoms with Crippen LogP contribution in [0.5, 0.6) is 5.88 Å². The molecule has 40 heavy (non-hydrogen) atoms. The summed E-state index contributed by atoms with van der Waals surface area (Å²) in [4.78, 5) is 33.0. The van der Waals surface area contributed by atoms with E-state index in [1.807, 2.05) is 0 Å². The molecule has 0 radical (unpaired) electrons. The van der Waals surface area contributed by atoms with Crippen LogP contribution in [-0.2, 0) is 5.54 Å². The maximum Gasteiger partial charge on any atom is 0.265 e. The molecule has 8 nitrogen and oxygen atoms in total. The predicted molar refractivity (Wildman–Crippen MR) is 142 cm³/mol. The first-order valence-electron chi connectivity index (χ1n) is 12.7. The van der Waals surface area contributed by atoms with Gasteiger partial charge in [0.1, 0.15) is 11.0 Å². The third-order valence-corrected chi connectivity index (χ3v) is 8.37. The smallest absolute Gasteiger partial charge is 0.265 e. The molecule has 1 aromatic carbocycles. The first-order valence-corrected chi connectivity index (χ1v) is 13.5. The summed E-state index contributed by atoms with van der Waals surface area (Å²) < 4.78 is 47.6. The number of likely N-dealkylation sites (tertiary alicyclic amines) is 1. The second kappa shape index (κ2) is 9.63. The lowest BCUT2D eigenvalue weighted by Gasteiger charge is -2.22. The van der Waals surface area contributed by atoms with E-state index in [0.29, 0.717) is 40.1 Å². The fourth-order valence-corrected chi connectivity index (χ4v) is 5.97. The van der Waals surface area contributed by atoms with Crippen LogP contribution >= 0.6 is 11.3 Å². The van der Waals surface area contributed by atoms with Crippen molar-refractivity contribution in [1.29, 1.82) is 0 Å². The maximum atomic E-state index is 13.9. The van der Waals surface area contributed by atoms with E-state index in [-0.39, 0.29) is 41.0 Å². The van der Waals surface area contributed by atoms with E-state index in [2.05, 4.69) is 19.9 Å². The van der Waals surface area contributed by atoms with E-state index in [9.17, 15) is 18.0 Å². The van der Waals surface area contributed by atoms with E-state index < -0.39 is 23.0 Å². The first kappa shape index (κ1) is 26.3. The number of aromatic nitrogens is 4. The number of carbonyl (C=O) groups is 1. The molecular weight excluding hydrogens is 541 g/mol. The van der Waals surface area contributed by atoms with Gasteiger partial charge >= 0.3 is 0 Å². The molecule has 1 aliphatic heterocycles. The quantitative estimate of drug-likeness (QED) is 0.336. The molecule has 2 aliphatic rings. The van der Waals surface area contributed by atoms with Crippen LogP contribution in [0.1, 0.15) is 34.8 Å². The van der Waals surface area contributed by atoms with Gasteiger partial charge in [0.15, 0.2) is 28.3 Å². The Morgan fingerprint density at radius 2 is 1.70 bits per heavy atom. The molecule has 0 bridgehead atoms. The van der Waals surface area contributed by atoms with Gasteiger partial charge in [-0.25, -0.2) is 33.1 Å². The number of hydrogen-bond acceptors (Lipinski definition) is 8. The molecule has 1 saturated carbocycles. The highest BCUT2D eigenvalue weighted by Gasteiger charge is 2.59. The number of piperidine rings is 1. The van der Waals surface area contributed by atoms with Crippen molar-refractivity contribution in [2.75, 3.05) is 13.1 Å². The monoisotopic (exact) mass is 566 g/mol. The SMILES string of the molecule is Cc1nc(-c2ncccn2)sc1C(=O)N1CC2C(C1)C2Oc1cc(C(C)(C)N)cc(-c2cc(F)c(F)c(F)c2)n1. The Balaban J connectivity index is 1.18. The van der Waals surface area contributed by atoms with E-state index in [0.717, 1.165) is 12.1 Å². The van der Waals surface area contributed by atoms with E-state index in [1.165, 1.54) is 11.3 Å². The molecule has 1 amide bonds. The number of hydrogen-bond donors (Lipinski definition) is 1. The maximum absolute atomic E-state index is 13.9. The minimum atomic E-state index is -1.54. The van der Waals surface area contributed by atoms with E-state index in [4.69, 9.17) is 10.5 Å². The van der Waals surface area contributed by atoms with Gasteiger partial charge in [-0.15, -0.1) is 11.3 Å². The molecular formula is C28H25F3N6O2S. The van der Waals surface area contributed by atoms with Crippen LogP contribution < -0.4 is 10.5 Å². The zero-order valence-corrected chi connectivity index (χ0v) is 22.7. The lowest BCUT2D eigenvalue weighted by atomic mass is 9.94. The number of benzene rings is 1. The zero-order valence-electron chi connectivity index (χ0n) is 21.9. The van der Waals surface area contributed by atoms with Gasteiger partial charge < -0.3 is 15.4 Å². The van der Waals surface area contributed by atoms with Crippen LogP contribution in [0.4, 0.5) is 13.2 Å². The molecule has 1 aliphatic carbocycles. The number of ether oxygens (including phenoxy) is 1. The van der Waals surface area contributed by atoms with E-state index >= 15 is 0 Å². The second-order valence-corrected chi connectivity index (χ2v) is 11.7. The van der Waals surface area contributed by atoms with Gasteiger partial charge in [0, 0.05) is 54.5 Å². The number of pyridine rings is 1. The number of nitrogens with two attached hydrogens (primary N) is 1. The fourth-order valence-electron chi connectivity index (χ4n) is 4.98. The van der Waals surface area contributed by atoms with Crippen molar-refractivity contribution in [2.24, 2.45) is 17.6 Å². The van der Waals surface area contributed by atoms with Crippen LogP contribution in [0, 0.1) is 36.2 Å². The van der Waals surface area contributed by atoms with Crippen molar-refractivity contribution in [3.05, 3.63) is 76.3 Å². The van der Waals surface area contributed by atoms with Crippen molar-refractivity contribution < 1.29 is 22.7 Å². The number of fused-ring (bicyclic) bond motifs is 1. The second-order valence-electron chi connectivity index (χ2n) is 10.7. The molecule has 2 atom stereocenters. The summed E-state index contributed by atoms with van der Waals surface area (Å²) >= 11 is 1.28. The Kier molecular flexibility index (Phi) is 6.34. The third kappa shape index (κ3) is 4.81. The normalized spacial score (nSPS) is 20.0. The first-order chi connectivity index (χ1) is 19.0. The summed E-state index contributed by atoms with van der Waals surface area (Å²) in [6.45, 7) is 6.41. The van der Waals surface area contributed by atoms with Gasteiger partial charge in [-0.2, -0.15) is 0 Å². The van der Waals surface area contributed by atoms with Gasteiger partial charge in [-0.1, -0.05) is 0 Å². The summed E-state index contributed by atoms with van der Waals surface area (Å²) in [6, 6.07) is 6.81. The highest BCUT2D eigenvalue weighted by Crippen LogP contribution is 2.48. The fraction of sp³-hybridized carbons (Fsp3) is 0.321. The van der Waals surface area contributed by atoms with Gasteiger partial charge in [-0.05, 0) is 50.6 Å². The molecule has 2 unspecified atom stereocenters. The molecule has 2 fully saturated rings. The number of halogens is 3. The number of amides is 1. The van der Waals surface area contributed by atoms with Gasteiger partial charge in [-0.3, -0.25) is 4.79 Å². The Hall–Kier alpha value is -3.90. The van der Waals surface area contributed by atoms with Crippen LogP contribution in [-0.4, -0.2) is 49.9 Å².